The van der Waals surface area contributed by atoms with Crippen molar-refractivity contribution in [1.82, 2.24) is 4.90 Å². The zero-order chi connectivity index (χ0) is 14.1. The number of rotatable bonds is 7. The fourth-order valence-corrected chi connectivity index (χ4v) is 1.56. The van der Waals surface area contributed by atoms with Crippen LogP contribution in [0.1, 0.15) is 5.56 Å². The minimum Gasteiger partial charge on any atom is -0.395 e. The van der Waals surface area contributed by atoms with Crippen molar-refractivity contribution in [3.05, 3.63) is 29.8 Å². The van der Waals surface area contributed by atoms with Gasteiger partial charge in [-0.15, -0.1) is 0 Å². The number of nitrogens with two attached hydrogens (primary N) is 1. The molecule has 106 valence electrons. The van der Waals surface area contributed by atoms with Gasteiger partial charge in [0.05, 0.1) is 13.2 Å². The van der Waals surface area contributed by atoms with Crippen molar-refractivity contribution in [3.63, 3.8) is 0 Å². The molecule has 0 aromatic heterocycles. The summed E-state index contributed by atoms with van der Waals surface area (Å²) in [6.45, 7) is 1.53. The molecule has 1 aromatic rings. The molecule has 1 aromatic carbocycles. The van der Waals surface area contributed by atoms with Crippen LogP contribution in [0, 0.1) is 0 Å². The Morgan fingerprint density at radius 2 is 2.05 bits per heavy atom. The highest BCUT2D eigenvalue weighted by molar-refractivity contribution is 5.89. The molecule has 19 heavy (non-hydrogen) atoms. The number of urea groups is 1. The van der Waals surface area contributed by atoms with Crippen LogP contribution in [-0.2, 0) is 11.3 Å². The largest absolute Gasteiger partial charge is 0.395 e. The van der Waals surface area contributed by atoms with Crippen LogP contribution in [-0.4, -0.2) is 49.5 Å². The van der Waals surface area contributed by atoms with Gasteiger partial charge in [0.15, 0.2) is 0 Å². The number of amides is 2. The lowest BCUT2D eigenvalue weighted by Gasteiger charge is -2.21. The Kier molecular flexibility index (Phi) is 6.88. The summed E-state index contributed by atoms with van der Waals surface area (Å²) in [6.07, 6.45) is 0. The number of nitrogens with one attached hydrogen (secondary N) is 1. The van der Waals surface area contributed by atoms with E-state index in [4.69, 9.17) is 15.6 Å². The molecule has 6 nitrogen and oxygen atoms in total. The zero-order valence-electron chi connectivity index (χ0n) is 11.1. The summed E-state index contributed by atoms with van der Waals surface area (Å²) >= 11 is 0. The molecule has 0 radical (unpaired) electrons. The van der Waals surface area contributed by atoms with Crippen LogP contribution in [0.3, 0.4) is 0 Å². The maximum absolute atomic E-state index is 12.0. The van der Waals surface area contributed by atoms with E-state index in [9.17, 15) is 4.79 Å². The van der Waals surface area contributed by atoms with Crippen LogP contribution < -0.4 is 11.1 Å². The molecular formula is C13H21N3O3. The van der Waals surface area contributed by atoms with Gasteiger partial charge in [-0.25, -0.2) is 4.79 Å². The average molecular weight is 267 g/mol. The van der Waals surface area contributed by atoms with Gasteiger partial charge in [-0.1, -0.05) is 12.1 Å². The first-order valence-electron chi connectivity index (χ1n) is 6.16. The number of anilines is 1. The van der Waals surface area contributed by atoms with E-state index in [1.807, 2.05) is 12.1 Å². The number of carbonyl (C=O) groups excluding carboxylic acids is 1. The first-order chi connectivity index (χ1) is 9.21. The first-order valence-corrected chi connectivity index (χ1v) is 6.16. The molecule has 0 heterocycles. The van der Waals surface area contributed by atoms with E-state index in [-0.39, 0.29) is 19.2 Å². The molecule has 0 atom stereocenters. The van der Waals surface area contributed by atoms with E-state index in [1.165, 1.54) is 4.90 Å². The summed E-state index contributed by atoms with van der Waals surface area (Å²) in [5.41, 5.74) is 7.21. The zero-order valence-corrected chi connectivity index (χ0v) is 11.1. The molecular weight excluding hydrogens is 246 g/mol. The highest BCUT2D eigenvalue weighted by atomic mass is 16.5. The lowest BCUT2D eigenvalue weighted by molar-refractivity contribution is 0.142. The normalized spacial score (nSPS) is 10.3. The topological polar surface area (TPSA) is 87.8 Å². The molecule has 1 rings (SSSR count). The van der Waals surface area contributed by atoms with E-state index in [1.54, 1.807) is 19.2 Å². The number of hydrogen-bond donors (Lipinski definition) is 3. The standard InChI is InChI=1S/C13H21N3O3/c1-19-9-7-16(6-8-17)13(18)15-12-4-2-11(10-14)3-5-12/h2-5,17H,6-10,14H2,1H3,(H,15,18). The number of carbonyl (C=O) groups is 1. The number of aliphatic hydroxyl groups is 1. The molecule has 0 fully saturated rings. The smallest absolute Gasteiger partial charge is 0.321 e. The van der Waals surface area contributed by atoms with Gasteiger partial charge in [-0.3, -0.25) is 0 Å². The highest BCUT2D eigenvalue weighted by Crippen LogP contribution is 2.10. The van der Waals surface area contributed by atoms with Crippen molar-refractivity contribution in [2.24, 2.45) is 5.73 Å². The maximum atomic E-state index is 12.0. The van der Waals surface area contributed by atoms with Gasteiger partial charge in [0.1, 0.15) is 0 Å². The van der Waals surface area contributed by atoms with Crippen molar-refractivity contribution in [3.8, 4) is 0 Å². The second-order valence-corrected chi connectivity index (χ2v) is 4.03. The third kappa shape index (κ3) is 5.25. The van der Waals surface area contributed by atoms with Crippen LogP contribution >= 0.6 is 0 Å². The Bertz CT molecular complexity index is 381. The van der Waals surface area contributed by atoms with E-state index in [0.717, 1.165) is 5.56 Å². The predicted octanol–water partition coefficient (Wildman–Crippen LogP) is 0.618. The monoisotopic (exact) mass is 267 g/mol. The van der Waals surface area contributed by atoms with Gasteiger partial charge in [0, 0.05) is 32.4 Å². The third-order valence-electron chi connectivity index (χ3n) is 2.66. The van der Waals surface area contributed by atoms with Crippen molar-refractivity contribution in [1.29, 1.82) is 0 Å². The summed E-state index contributed by atoms with van der Waals surface area (Å²) in [4.78, 5) is 13.5. The molecule has 0 aliphatic rings. The number of methoxy groups -OCH3 is 1. The maximum Gasteiger partial charge on any atom is 0.321 e. The van der Waals surface area contributed by atoms with Crippen LogP contribution in [0.4, 0.5) is 10.5 Å². The van der Waals surface area contributed by atoms with E-state index < -0.39 is 0 Å². The summed E-state index contributed by atoms with van der Waals surface area (Å²) in [5.74, 6) is 0. The summed E-state index contributed by atoms with van der Waals surface area (Å²) < 4.78 is 4.93. The second kappa shape index (κ2) is 8.47. The fraction of sp³-hybridized carbons (Fsp3) is 0.462. The Morgan fingerprint density at radius 1 is 1.37 bits per heavy atom. The molecule has 0 aliphatic carbocycles. The minimum atomic E-state index is -0.258. The van der Waals surface area contributed by atoms with Gasteiger partial charge >= 0.3 is 6.03 Å². The van der Waals surface area contributed by atoms with Crippen LogP contribution in [0.25, 0.3) is 0 Å². The molecule has 6 heteroatoms. The summed E-state index contributed by atoms with van der Waals surface area (Å²) in [7, 11) is 1.57. The lowest BCUT2D eigenvalue weighted by atomic mass is 10.2. The Labute approximate surface area is 113 Å². The SMILES string of the molecule is COCCN(CCO)C(=O)Nc1ccc(CN)cc1. The van der Waals surface area contributed by atoms with E-state index >= 15 is 0 Å². The quantitative estimate of drug-likeness (QED) is 0.675. The van der Waals surface area contributed by atoms with Gasteiger partial charge in [0.25, 0.3) is 0 Å². The number of hydrogen-bond acceptors (Lipinski definition) is 4. The minimum absolute atomic E-state index is 0.0801. The average Bonchev–Trinajstić information content (AvgIpc) is 2.44. The van der Waals surface area contributed by atoms with Gasteiger partial charge in [-0.2, -0.15) is 0 Å². The van der Waals surface area contributed by atoms with Gasteiger partial charge in [0.2, 0.25) is 0 Å². The third-order valence-corrected chi connectivity index (χ3v) is 2.66. The Balaban J connectivity index is 2.58. The molecule has 0 bridgehead atoms. The molecule has 0 spiro atoms. The van der Waals surface area contributed by atoms with Gasteiger partial charge in [-0.05, 0) is 17.7 Å². The van der Waals surface area contributed by atoms with Crippen LogP contribution in [0.15, 0.2) is 24.3 Å². The molecule has 0 unspecified atom stereocenters. The molecule has 0 aliphatic heterocycles. The summed E-state index contributed by atoms with van der Waals surface area (Å²) in [5, 5.41) is 11.7. The van der Waals surface area contributed by atoms with E-state index in [0.29, 0.717) is 25.4 Å². The molecule has 4 N–H and O–H groups in total. The Morgan fingerprint density at radius 3 is 2.58 bits per heavy atom. The van der Waals surface area contributed by atoms with Gasteiger partial charge < -0.3 is 25.8 Å². The lowest BCUT2D eigenvalue weighted by Crippen LogP contribution is -2.39. The van der Waals surface area contributed by atoms with Crippen molar-refractivity contribution in [2.45, 2.75) is 6.54 Å². The van der Waals surface area contributed by atoms with Crippen molar-refractivity contribution < 1.29 is 14.6 Å². The highest BCUT2D eigenvalue weighted by Gasteiger charge is 2.12. The predicted molar refractivity (Wildman–Crippen MR) is 73.9 cm³/mol. The Hall–Kier alpha value is -1.63. The molecule has 0 saturated heterocycles. The number of nitrogens with zero attached hydrogens (tertiary/aromatic N) is 1. The molecule has 0 saturated carbocycles. The van der Waals surface area contributed by atoms with Crippen LogP contribution in [0.5, 0.6) is 0 Å². The van der Waals surface area contributed by atoms with Crippen molar-refractivity contribution in [2.75, 3.05) is 38.7 Å². The first kappa shape index (κ1) is 15.4. The number of benzene rings is 1. The number of aliphatic hydroxyl groups excluding tert-OH is 1. The van der Waals surface area contributed by atoms with Crippen molar-refractivity contribution >= 4 is 11.7 Å². The molecule has 2 amide bonds. The van der Waals surface area contributed by atoms with E-state index in [2.05, 4.69) is 5.32 Å². The second-order valence-electron chi connectivity index (χ2n) is 4.03. The number of ether oxygens (including phenoxy) is 1. The fourth-order valence-electron chi connectivity index (χ4n) is 1.56. The van der Waals surface area contributed by atoms with Crippen LogP contribution in [0.2, 0.25) is 0 Å². The summed E-state index contributed by atoms with van der Waals surface area (Å²) in [6, 6.07) is 7.07.